The molecule has 3 aromatic rings. The number of hydrogen-bond donors (Lipinski definition) is 3. The minimum atomic E-state index is -0.445. The van der Waals surface area contributed by atoms with Crippen molar-refractivity contribution in [3.05, 3.63) is 72.2 Å². The lowest BCUT2D eigenvalue weighted by molar-refractivity contribution is 0.100. The standard InChI is InChI=1S/C28H32N8O/c29-16-22-8-9-23(17-33-22)35-13-11-26(34-18-35)36(25-7-2-1-6-24(25)30)27-15-20(10-12-32-27)19-4-3-5-21(14-19)28(31)37/h3-5,8-10,12,14-15,17,24-26,34H,1-2,6-7,11,13,18,30H2,(H2,31,37)/t24-,25-,26?/m1/s1. The first-order chi connectivity index (χ1) is 18.0. The Morgan fingerprint density at radius 2 is 1.92 bits per heavy atom. The number of nitrogens with zero attached hydrogens (tertiary/aromatic N) is 5. The molecule has 2 fully saturated rings. The van der Waals surface area contributed by atoms with Crippen LogP contribution in [0.3, 0.4) is 0 Å². The van der Waals surface area contributed by atoms with Crippen LogP contribution in [0.15, 0.2) is 60.9 Å². The fourth-order valence-electron chi connectivity index (χ4n) is 5.41. The summed E-state index contributed by atoms with van der Waals surface area (Å²) in [7, 11) is 0. The van der Waals surface area contributed by atoms with Gasteiger partial charge in [0.2, 0.25) is 5.91 Å². The number of aromatic nitrogens is 2. The van der Waals surface area contributed by atoms with Crippen LogP contribution in [0.4, 0.5) is 11.5 Å². The molecule has 3 heterocycles. The molecular formula is C28H32N8O. The number of nitrogens with one attached hydrogen (secondary N) is 1. The van der Waals surface area contributed by atoms with Gasteiger partial charge in [-0.05, 0) is 66.8 Å². The molecule has 0 bridgehead atoms. The van der Waals surface area contributed by atoms with Crippen LogP contribution >= 0.6 is 0 Å². The van der Waals surface area contributed by atoms with E-state index in [1.807, 2.05) is 36.5 Å². The third-order valence-corrected chi connectivity index (χ3v) is 7.38. The number of carbonyl (C=O) groups is 1. The normalized spacial score (nSPS) is 21.7. The fraction of sp³-hybridized carbons (Fsp3) is 0.357. The Balaban J connectivity index is 1.42. The predicted molar refractivity (Wildman–Crippen MR) is 144 cm³/mol. The quantitative estimate of drug-likeness (QED) is 0.474. The zero-order valence-corrected chi connectivity index (χ0v) is 20.8. The Morgan fingerprint density at radius 1 is 1.08 bits per heavy atom. The molecule has 1 aromatic carbocycles. The van der Waals surface area contributed by atoms with E-state index in [1.54, 1.807) is 18.3 Å². The van der Waals surface area contributed by atoms with Gasteiger partial charge in [0.25, 0.3) is 0 Å². The summed E-state index contributed by atoms with van der Waals surface area (Å²) in [5.74, 6) is 0.426. The van der Waals surface area contributed by atoms with Gasteiger partial charge in [0.05, 0.1) is 24.7 Å². The number of amides is 1. The highest BCUT2D eigenvalue weighted by atomic mass is 16.1. The molecule has 1 aliphatic heterocycles. The third kappa shape index (κ3) is 5.40. The molecule has 1 amide bonds. The van der Waals surface area contributed by atoms with Gasteiger partial charge in [-0.1, -0.05) is 25.0 Å². The van der Waals surface area contributed by atoms with E-state index >= 15 is 0 Å². The van der Waals surface area contributed by atoms with Crippen molar-refractivity contribution in [3.8, 4) is 17.2 Å². The largest absolute Gasteiger partial charge is 0.366 e. The summed E-state index contributed by atoms with van der Waals surface area (Å²) in [6.45, 7) is 1.49. The van der Waals surface area contributed by atoms with Crippen LogP contribution in [0.5, 0.6) is 0 Å². The molecule has 0 spiro atoms. The molecule has 0 radical (unpaired) electrons. The first-order valence-corrected chi connectivity index (χ1v) is 12.8. The van der Waals surface area contributed by atoms with Crippen LogP contribution in [0.25, 0.3) is 11.1 Å². The summed E-state index contributed by atoms with van der Waals surface area (Å²) in [4.78, 5) is 25.3. The van der Waals surface area contributed by atoms with E-state index in [0.717, 1.165) is 61.3 Å². The lowest BCUT2D eigenvalue weighted by atomic mass is 9.89. The number of rotatable bonds is 6. The molecule has 1 saturated heterocycles. The Bertz CT molecular complexity index is 1280. The second kappa shape index (κ2) is 10.9. The molecule has 5 rings (SSSR count). The smallest absolute Gasteiger partial charge is 0.248 e. The molecule has 9 heteroatoms. The van der Waals surface area contributed by atoms with Crippen molar-refractivity contribution in [2.45, 2.75) is 50.4 Å². The fourth-order valence-corrected chi connectivity index (χ4v) is 5.41. The van der Waals surface area contributed by atoms with Crippen molar-refractivity contribution < 1.29 is 4.79 Å². The summed E-state index contributed by atoms with van der Waals surface area (Å²) in [6, 6.07) is 17.4. The average molecular weight is 497 g/mol. The Hall–Kier alpha value is -4.00. The number of primary amides is 1. The average Bonchev–Trinajstić information content (AvgIpc) is 2.95. The molecular weight excluding hydrogens is 464 g/mol. The summed E-state index contributed by atoms with van der Waals surface area (Å²) >= 11 is 0. The van der Waals surface area contributed by atoms with Crippen molar-refractivity contribution in [3.63, 3.8) is 0 Å². The van der Waals surface area contributed by atoms with Gasteiger partial charge >= 0.3 is 0 Å². The monoisotopic (exact) mass is 496 g/mol. The Kier molecular flexibility index (Phi) is 7.30. The molecule has 1 saturated carbocycles. The Labute approximate surface area is 217 Å². The minimum Gasteiger partial charge on any atom is -0.366 e. The van der Waals surface area contributed by atoms with Gasteiger partial charge < -0.3 is 21.3 Å². The SMILES string of the molecule is N#Cc1ccc(N2CCC(N(c3cc(-c4cccc(C(N)=O)c4)ccn3)[C@@H]3CCCC[C@H]3N)NC2)cn1. The van der Waals surface area contributed by atoms with Gasteiger partial charge in [0.1, 0.15) is 17.6 Å². The van der Waals surface area contributed by atoms with E-state index in [1.165, 1.54) is 0 Å². The van der Waals surface area contributed by atoms with Crippen LogP contribution in [0.2, 0.25) is 0 Å². The highest BCUT2D eigenvalue weighted by Gasteiger charge is 2.35. The predicted octanol–water partition coefficient (Wildman–Crippen LogP) is 2.97. The van der Waals surface area contributed by atoms with Gasteiger partial charge in [-0.2, -0.15) is 5.26 Å². The molecule has 1 unspecified atom stereocenters. The van der Waals surface area contributed by atoms with E-state index in [4.69, 9.17) is 21.7 Å². The number of nitriles is 1. The highest BCUT2D eigenvalue weighted by Crippen LogP contribution is 2.32. The van der Waals surface area contributed by atoms with E-state index < -0.39 is 5.91 Å². The molecule has 9 nitrogen and oxygen atoms in total. The van der Waals surface area contributed by atoms with Gasteiger partial charge in [-0.25, -0.2) is 9.97 Å². The first-order valence-electron chi connectivity index (χ1n) is 12.8. The maximum absolute atomic E-state index is 11.7. The summed E-state index contributed by atoms with van der Waals surface area (Å²) in [5.41, 5.74) is 16.0. The molecule has 5 N–H and O–H groups in total. The topological polar surface area (TPSA) is 137 Å². The van der Waals surface area contributed by atoms with Crippen molar-refractivity contribution >= 4 is 17.4 Å². The number of anilines is 2. The number of hydrogen-bond acceptors (Lipinski definition) is 8. The number of pyridine rings is 2. The van der Waals surface area contributed by atoms with Gasteiger partial charge in [0.15, 0.2) is 0 Å². The van der Waals surface area contributed by atoms with Crippen molar-refractivity contribution in [2.24, 2.45) is 11.5 Å². The van der Waals surface area contributed by atoms with Gasteiger partial charge in [-0.15, -0.1) is 0 Å². The number of nitrogens with two attached hydrogens (primary N) is 2. The highest BCUT2D eigenvalue weighted by molar-refractivity contribution is 5.94. The third-order valence-electron chi connectivity index (χ3n) is 7.38. The van der Waals surface area contributed by atoms with Crippen LogP contribution in [-0.4, -0.2) is 47.3 Å². The van der Waals surface area contributed by atoms with E-state index in [-0.39, 0.29) is 18.2 Å². The molecule has 37 heavy (non-hydrogen) atoms. The van der Waals surface area contributed by atoms with Crippen molar-refractivity contribution in [1.82, 2.24) is 15.3 Å². The van der Waals surface area contributed by atoms with Crippen molar-refractivity contribution in [1.29, 1.82) is 5.26 Å². The summed E-state index contributed by atoms with van der Waals surface area (Å²) in [5, 5.41) is 12.7. The molecule has 1 aliphatic carbocycles. The summed E-state index contributed by atoms with van der Waals surface area (Å²) in [6.07, 6.45) is 8.81. The lowest BCUT2D eigenvalue weighted by Crippen LogP contribution is -2.62. The Morgan fingerprint density at radius 3 is 2.62 bits per heavy atom. The van der Waals surface area contributed by atoms with Crippen LogP contribution in [-0.2, 0) is 0 Å². The maximum atomic E-state index is 11.7. The van der Waals surface area contributed by atoms with Crippen LogP contribution < -0.4 is 26.6 Å². The van der Waals surface area contributed by atoms with E-state index in [2.05, 4.69) is 32.2 Å². The maximum Gasteiger partial charge on any atom is 0.248 e. The van der Waals surface area contributed by atoms with E-state index in [9.17, 15) is 4.79 Å². The number of carbonyl (C=O) groups excluding carboxylic acids is 1. The molecule has 190 valence electrons. The number of benzene rings is 1. The van der Waals surface area contributed by atoms with Crippen LogP contribution in [0.1, 0.15) is 48.2 Å². The zero-order valence-electron chi connectivity index (χ0n) is 20.8. The lowest BCUT2D eigenvalue weighted by Gasteiger charge is -2.47. The second-order valence-electron chi connectivity index (χ2n) is 9.71. The van der Waals surface area contributed by atoms with E-state index in [0.29, 0.717) is 17.9 Å². The summed E-state index contributed by atoms with van der Waals surface area (Å²) < 4.78 is 0. The molecule has 3 atom stereocenters. The molecule has 2 aliphatic rings. The zero-order chi connectivity index (χ0) is 25.8. The first kappa shape index (κ1) is 24.7. The van der Waals surface area contributed by atoms with Crippen molar-refractivity contribution in [2.75, 3.05) is 23.0 Å². The van der Waals surface area contributed by atoms with Gasteiger partial charge in [-0.3, -0.25) is 10.1 Å². The van der Waals surface area contributed by atoms with Gasteiger partial charge in [0, 0.05) is 30.4 Å². The second-order valence-corrected chi connectivity index (χ2v) is 9.71. The van der Waals surface area contributed by atoms with Crippen LogP contribution in [0, 0.1) is 11.3 Å². The minimum absolute atomic E-state index is 0.0662. The molecule has 2 aromatic heterocycles.